The summed E-state index contributed by atoms with van der Waals surface area (Å²) in [6.07, 6.45) is 5.96. The van der Waals surface area contributed by atoms with E-state index in [1.54, 1.807) is 7.11 Å². The lowest BCUT2D eigenvalue weighted by atomic mass is 9.89. The van der Waals surface area contributed by atoms with Crippen LogP contribution in [0, 0.1) is 5.92 Å². The zero-order chi connectivity index (χ0) is 18.9. The van der Waals surface area contributed by atoms with Crippen molar-refractivity contribution in [3.8, 4) is 0 Å². The number of guanidine groups is 1. The van der Waals surface area contributed by atoms with Crippen molar-refractivity contribution in [2.24, 2.45) is 10.9 Å². The fourth-order valence-corrected chi connectivity index (χ4v) is 4.18. The first-order valence-corrected chi connectivity index (χ1v) is 10.5. The van der Waals surface area contributed by atoms with Crippen molar-refractivity contribution in [2.45, 2.75) is 45.1 Å². The Morgan fingerprint density at radius 3 is 3.04 bits per heavy atom. The first-order chi connectivity index (χ1) is 13.3. The van der Waals surface area contributed by atoms with E-state index >= 15 is 0 Å². The highest BCUT2D eigenvalue weighted by molar-refractivity contribution is 5.80. The van der Waals surface area contributed by atoms with Crippen molar-refractivity contribution < 1.29 is 9.47 Å². The molecule has 1 aromatic carbocycles. The first kappa shape index (κ1) is 20.2. The minimum atomic E-state index is 0.264. The molecule has 0 amide bonds. The quantitative estimate of drug-likeness (QED) is 0.431. The molecule has 1 fully saturated rings. The summed E-state index contributed by atoms with van der Waals surface area (Å²) in [5, 5.41) is 3.43. The van der Waals surface area contributed by atoms with Gasteiger partial charge < -0.3 is 19.7 Å². The molecule has 3 rings (SSSR count). The van der Waals surface area contributed by atoms with Gasteiger partial charge in [0.2, 0.25) is 0 Å². The van der Waals surface area contributed by atoms with Gasteiger partial charge in [-0.3, -0.25) is 4.99 Å². The average Bonchev–Trinajstić information content (AvgIpc) is 3.16. The molecule has 1 N–H and O–H groups in total. The van der Waals surface area contributed by atoms with E-state index in [-0.39, 0.29) is 6.10 Å². The van der Waals surface area contributed by atoms with Gasteiger partial charge >= 0.3 is 0 Å². The van der Waals surface area contributed by atoms with Crippen molar-refractivity contribution in [3.05, 3.63) is 35.4 Å². The molecule has 0 radical (unpaired) electrons. The van der Waals surface area contributed by atoms with Crippen LogP contribution in [0.1, 0.15) is 49.8 Å². The van der Waals surface area contributed by atoms with Crippen LogP contribution in [0.25, 0.3) is 0 Å². The Balaban J connectivity index is 1.44. The third kappa shape index (κ3) is 5.69. The second-order valence-electron chi connectivity index (χ2n) is 7.60. The van der Waals surface area contributed by atoms with Gasteiger partial charge in [-0.2, -0.15) is 0 Å². The minimum absolute atomic E-state index is 0.264. The smallest absolute Gasteiger partial charge is 0.193 e. The molecule has 1 saturated heterocycles. The van der Waals surface area contributed by atoms with Crippen LogP contribution in [0.2, 0.25) is 0 Å². The number of aliphatic imine (C=N–C) groups is 1. The summed E-state index contributed by atoms with van der Waals surface area (Å²) in [5.41, 5.74) is 2.85. The lowest BCUT2D eigenvalue weighted by molar-refractivity contribution is 0.0402. The van der Waals surface area contributed by atoms with E-state index in [4.69, 9.17) is 14.5 Å². The van der Waals surface area contributed by atoms with E-state index in [2.05, 4.69) is 41.4 Å². The summed E-state index contributed by atoms with van der Waals surface area (Å²) in [7, 11) is 1.78. The summed E-state index contributed by atoms with van der Waals surface area (Å²) in [4.78, 5) is 7.19. The second kappa shape index (κ2) is 10.7. The van der Waals surface area contributed by atoms with Gasteiger partial charge in [-0.1, -0.05) is 24.3 Å². The Labute approximate surface area is 164 Å². The monoisotopic (exact) mass is 373 g/mol. The highest BCUT2D eigenvalue weighted by Crippen LogP contribution is 2.32. The number of benzene rings is 1. The van der Waals surface area contributed by atoms with Gasteiger partial charge in [0.05, 0.1) is 12.7 Å². The lowest BCUT2D eigenvalue weighted by Crippen LogP contribution is -2.40. The van der Waals surface area contributed by atoms with Crippen molar-refractivity contribution in [3.63, 3.8) is 0 Å². The Kier molecular flexibility index (Phi) is 7.96. The van der Waals surface area contributed by atoms with Crippen molar-refractivity contribution in [1.82, 2.24) is 10.2 Å². The van der Waals surface area contributed by atoms with Crippen LogP contribution < -0.4 is 5.32 Å². The topological polar surface area (TPSA) is 46.1 Å². The van der Waals surface area contributed by atoms with Crippen LogP contribution in [0.5, 0.6) is 0 Å². The van der Waals surface area contributed by atoms with Crippen LogP contribution in [0.15, 0.2) is 29.3 Å². The molecule has 2 unspecified atom stereocenters. The second-order valence-corrected chi connectivity index (χ2v) is 7.60. The Bertz CT molecular complexity index is 605. The molecule has 0 bridgehead atoms. The van der Waals surface area contributed by atoms with Gasteiger partial charge in [-0.25, -0.2) is 0 Å². The van der Waals surface area contributed by atoms with Gasteiger partial charge in [-0.15, -0.1) is 0 Å². The fraction of sp³-hybridized carbons (Fsp3) is 0.682. The minimum Gasteiger partial charge on any atom is -0.384 e. The molecule has 0 aromatic heterocycles. The number of nitrogens with one attached hydrogen (secondary N) is 1. The van der Waals surface area contributed by atoms with Crippen LogP contribution in [-0.4, -0.2) is 57.4 Å². The van der Waals surface area contributed by atoms with Crippen LogP contribution >= 0.6 is 0 Å². The SMILES string of the molecule is CCNC(=NCCCOC1CCCc2ccccc21)N1CCC(COC)C1. The number of hydrogen-bond acceptors (Lipinski definition) is 3. The van der Waals surface area contributed by atoms with Gasteiger partial charge in [0.25, 0.3) is 0 Å². The zero-order valence-corrected chi connectivity index (χ0v) is 17.0. The van der Waals surface area contributed by atoms with E-state index in [9.17, 15) is 0 Å². The largest absolute Gasteiger partial charge is 0.384 e. The Morgan fingerprint density at radius 1 is 1.30 bits per heavy atom. The normalized spacial score (nSPS) is 22.7. The summed E-state index contributed by atoms with van der Waals surface area (Å²) in [6.45, 7) is 7.55. The molecule has 1 aromatic rings. The molecule has 2 atom stereocenters. The van der Waals surface area contributed by atoms with E-state index in [1.165, 1.54) is 30.4 Å². The molecule has 1 aliphatic heterocycles. The summed E-state index contributed by atoms with van der Waals surface area (Å²) in [6, 6.07) is 8.73. The molecule has 0 spiro atoms. The first-order valence-electron chi connectivity index (χ1n) is 10.5. The van der Waals surface area contributed by atoms with Crippen LogP contribution in [0.3, 0.4) is 0 Å². The number of likely N-dealkylation sites (tertiary alicyclic amines) is 1. The van der Waals surface area contributed by atoms with Gasteiger partial charge in [0.15, 0.2) is 5.96 Å². The number of methoxy groups -OCH3 is 1. The molecule has 5 heteroatoms. The van der Waals surface area contributed by atoms with Crippen LogP contribution in [0.4, 0.5) is 0 Å². The van der Waals surface area contributed by atoms with Gasteiger partial charge in [0, 0.05) is 45.8 Å². The van der Waals surface area contributed by atoms with E-state index < -0.39 is 0 Å². The van der Waals surface area contributed by atoms with E-state index in [0.717, 1.165) is 58.2 Å². The molecule has 2 aliphatic rings. The van der Waals surface area contributed by atoms with Crippen molar-refractivity contribution in [1.29, 1.82) is 0 Å². The average molecular weight is 374 g/mol. The zero-order valence-electron chi connectivity index (χ0n) is 17.0. The maximum absolute atomic E-state index is 6.21. The standard InChI is InChI=1S/C22H35N3O2/c1-3-23-22(25-14-12-18(16-25)17-26-2)24-13-7-15-27-21-11-6-9-19-8-4-5-10-20(19)21/h4-5,8,10,18,21H,3,6-7,9,11-17H2,1-2H3,(H,23,24). The summed E-state index contributed by atoms with van der Waals surface area (Å²) >= 11 is 0. The number of fused-ring (bicyclic) bond motifs is 1. The number of aryl methyl sites for hydroxylation is 1. The Morgan fingerprint density at radius 2 is 2.19 bits per heavy atom. The predicted molar refractivity (Wildman–Crippen MR) is 110 cm³/mol. The predicted octanol–water partition coefficient (Wildman–Crippen LogP) is 3.40. The maximum atomic E-state index is 6.21. The summed E-state index contributed by atoms with van der Waals surface area (Å²) in [5.74, 6) is 1.66. The number of rotatable bonds is 8. The van der Waals surface area contributed by atoms with E-state index in [0.29, 0.717) is 5.92 Å². The maximum Gasteiger partial charge on any atom is 0.193 e. The molecular formula is C22H35N3O2. The highest BCUT2D eigenvalue weighted by atomic mass is 16.5. The van der Waals surface area contributed by atoms with E-state index in [1.807, 2.05) is 0 Å². The molecule has 5 nitrogen and oxygen atoms in total. The number of nitrogens with zero attached hydrogens (tertiary/aromatic N) is 2. The molecule has 1 aliphatic carbocycles. The van der Waals surface area contributed by atoms with Crippen molar-refractivity contribution >= 4 is 5.96 Å². The third-order valence-electron chi connectivity index (χ3n) is 5.52. The third-order valence-corrected chi connectivity index (χ3v) is 5.52. The Hall–Kier alpha value is -1.59. The van der Waals surface area contributed by atoms with Gasteiger partial charge in [0.1, 0.15) is 0 Å². The molecule has 1 heterocycles. The van der Waals surface area contributed by atoms with Crippen molar-refractivity contribution in [2.75, 3.05) is 46.5 Å². The summed E-state index contributed by atoms with van der Waals surface area (Å²) < 4.78 is 11.5. The highest BCUT2D eigenvalue weighted by Gasteiger charge is 2.24. The molecule has 27 heavy (non-hydrogen) atoms. The number of ether oxygens (including phenoxy) is 2. The fourth-order valence-electron chi connectivity index (χ4n) is 4.18. The van der Waals surface area contributed by atoms with Gasteiger partial charge in [-0.05, 0) is 50.2 Å². The lowest BCUT2D eigenvalue weighted by Gasteiger charge is -2.25. The number of hydrogen-bond donors (Lipinski definition) is 1. The molecule has 150 valence electrons. The molecule has 0 saturated carbocycles. The molecular weight excluding hydrogens is 338 g/mol. The van der Waals surface area contributed by atoms with Crippen LogP contribution in [-0.2, 0) is 15.9 Å².